The minimum Gasteiger partial charge on any atom is -0.351 e. The van der Waals surface area contributed by atoms with Crippen LogP contribution in [0.15, 0.2) is 0 Å². The molecular weight excluding hydrogens is 176 g/mol. The van der Waals surface area contributed by atoms with Gasteiger partial charge in [-0.2, -0.15) is 0 Å². The van der Waals surface area contributed by atoms with Crippen molar-refractivity contribution < 1.29 is 10.5 Å². The van der Waals surface area contributed by atoms with E-state index < -0.39 is 0 Å². The molecule has 3 heteroatoms. The fraction of sp³-hybridized carbons (Fsp3) is 0.909. The van der Waals surface area contributed by atoms with E-state index in [9.17, 15) is 4.79 Å². The predicted octanol–water partition coefficient (Wildman–Crippen LogP) is 0.805. The van der Waals surface area contributed by atoms with E-state index in [4.69, 9.17) is 0 Å². The highest BCUT2D eigenvalue weighted by atomic mass is 16.2. The lowest BCUT2D eigenvalue weighted by atomic mass is 10.0. The summed E-state index contributed by atoms with van der Waals surface area (Å²) in [5.74, 6) is 1.27. The van der Waals surface area contributed by atoms with Crippen LogP contribution in [0.25, 0.3) is 0 Å². The molecule has 0 spiro atoms. The smallest absolute Gasteiger partial charge is 0.278 e. The second-order valence-electron chi connectivity index (χ2n) is 4.80. The number of carbonyl (C=O) groups is 1. The summed E-state index contributed by atoms with van der Waals surface area (Å²) in [5.41, 5.74) is 3.86. The molecule has 0 fully saturated rings. The normalized spacial score (nSPS) is 13.4. The number of carbonyl (C=O) groups excluding carboxylic acids is 1. The fourth-order valence-corrected chi connectivity index (χ4v) is 1.30. The van der Waals surface area contributed by atoms with Crippen molar-refractivity contribution in [3.63, 3.8) is 0 Å². The highest BCUT2D eigenvalue weighted by molar-refractivity contribution is 5.79. The largest absolute Gasteiger partial charge is 0.351 e. The first-order valence-corrected chi connectivity index (χ1v) is 5.54. The van der Waals surface area contributed by atoms with Crippen LogP contribution >= 0.6 is 0 Å². The van der Waals surface area contributed by atoms with Gasteiger partial charge in [-0.3, -0.25) is 4.79 Å². The van der Waals surface area contributed by atoms with E-state index in [-0.39, 0.29) is 11.9 Å². The van der Waals surface area contributed by atoms with Gasteiger partial charge >= 0.3 is 0 Å². The third-order valence-corrected chi connectivity index (χ3v) is 2.15. The molecule has 0 unspecified atom stereocenters. The van der Waals surface area contributed by atoms with Crippen LogP contribution in [0.1, 0.15) is 40.5 Å². The lowest BCUT2D eigenvalue weighted by Gasteiger charge is -2.12. The van der Waals surface area contributed by atoms with Crippen molar-refractivity contribution in [2.24, 2.45) is 11.8 Å². The number of amides is 1. The molecule has 4 N–H and O–H groups in total. The molecule has 0 aliphatic heterocycles. The summed E-state index contributed by atoms with van der Waals surface area (Å²) in [6.45, 7) is 9.31. The molecule has 0 saturated carbocycles. The third-order valence-electron chi connectivity index (χ3n) is 2.15. The average Bonchev–Trinajstić information content (AvgIpc) is 2.01. The summed E-state index contributed by atoms with van der Waals surface area (Å²) in [4.78, 5) is 11.5. The Bertz CT molecular complexity index is 167. The van der Waals surface area contributed by atoms with Gasteiger partial charge in [-0.25, -0.2) is 0 Å². The van der Waals surface area contributed by atoms with Gasteiger partial charge in [0, 0.05) is 13.0 Å². The highest BCUT2D eigenvalue weighted by Crippen LogP contribution is 2.01. The second-order valence-corrected chi connectivity index (χ2v) is 4.80. The van der Waals surface area contributed by atoms with Crippen molar-refractivity contribution in [1.82, 2.24) is 5.32 Å². The molecule has 0 aromatic carbocycles. The van der Waals surface area contributed by atoms with E-state index in [0.29, 0.717) is 11.8 Å². The molecule has 0 aliphatic rings. The van der Waals surface area contributed by atoms with E-state index in [1.54, 1.807) is 0 Å². The highest BCUT2D eigenvalue weighted by Gasteiger charge is 2.17. The standard InChI is InChI=1S/C11H24N2O/c1-8(2)5-6-13-11(14)10(12)7-9(3)4/h8-10H,5-7,12H2,1-4H3,(H,13,14)/p+1/t10-/m0/s1. The lowest BCUT2D eigenvalue weighted by molar-refractivity contribution is -0.406. The first-order valence-electron chi connectivity index (χ1n) is 5.54. The van der Waals surface area contributed by atoms with Gasteiger partial charge < -0.3 is 11.1 Å². The molecule has 0 aromatic heterocycles. The third kappa shape index (κ3) is 6.89. The molecule has 14 heavy (non-hydrogen) atoms. The summed E-state index contributed by atoms with van der Waals surface area (Å²) in [6, 6.07) is -0.0952. The minimum atomic E-state index is -0.0952. The Morgan fingerprint density at radius 2 is 1.79 bits per heavy atom. The van der Waals surface area contributed by atoms with E-state index in [2.05, 4.69) is 38.7 Å². The van der Waals surface area contributed by atoms with E-state index >= 15 is 0 Å². The SMILES string of the molecule is CC(C)CCNC(=O)[C@@H]([NH3+])CC(C)C. The van der Waals surface area contributed by atoms with Crippen LogP contribution in [0.4, 0.5) is 0 Å². The Morgan fingerprint density at radius 3 is 2.21 bits per heavy atom. The summed E-state index contributed by atoms with van der Waals surface area (Å²) in [7, 11) is 0. The Morgan fingerprint density at radius 1 is 1.21 bits per heavy atom. The van der Waals surface area contributed by atoms with E-state index in [1.165, 1.54) is 0 Å². The van der Waals surface area contributed by atoms with Gasteiger partial charge in [0.2, 0.25) is 0 Å². The zero-order valence-corrected chi connectivity index (χ0v) is 9.97. The number of rotatable bonds is 6. The molecule has 3 nitrogen and oxygen atoms in total. The van der Waals surface area contributed by atoms with E-state index in [1.807, 2.05) is 0 Å². The summed E-state index contributed by atoms with van der Waals surface area (Å²) in [6.07, 6.45) is 1.91. The van der Waals surface area contributed by atoms with Crippen molar-refractivity contribution in [2.75, 3.05) is 6.54 Å². The monoisotopic (exact) mass is 201 g/mol. The average molecular weight is 201 g/mol. The zero-order valence-electron chi connectivity index (χ0n) is 9.97. The number of quaternary nitrogens is 1. The van der Waals surface area contributed by atoms with Crippen LogP contribution in [-0.4, -0.2) is 18.5 Å². The number of nitrogens with one attached hydrogen (secondary N) is 1. The number of hydrogen-bond donors (Lipinski definition) is 2. The Labute approximate surface area is 87.4 Å². The molecule has 0 rings (SSSR count). The van der Waals surface area contributed by atoms with E-state index in [0.717, 1.165) is 19.4 Å². The second kappa shape index (κ2) is 6.82. The van der Waals surface area contributed by atoms with Gasteiger partial charge in [0.05, 0.1) is 0 Å². The summed E-state index contributed by atoms with van der Waals surface area (Å²) >= 11 is 0. The Hall–Kier alpha value is -0.570. The molecular formula is C11H25N2O+. The first kappa shape index (κ1) is 13.4. The van der Waals surface area contributed by atoms with Crippen LogP contribution in [0, 0.1) is 11.8 Å². The molecule has 0 heterocycles. The number of hydrogen-bond acceptors (Lipinski definition) is 1. The Kier molecular flexibility index (Phi) is 6.54. The summed E-state index contributed by atoms with van der Waals surface area (Å²) in [5, 5.41) is 2.92. The fourth-order valence-electron chi connectivity index (χ4n) is 1.30. The predicted molar refractivity (Wildman–Crippen MR) is 58.6 cm³/mol. The maximum atomic E-state index is 11.5. The van der Waals surface area contributed by atoms with Crippen molar-refractivity contribution in [3.05, 3.63) is 0 Å². The van der Waals surface area contributed by atoms with Gasteiger partial charge in [-0.15, -0.1) is 0 Å². The zero-order chi connectivity index (χ0) is 11.1. The van der Waals surface area contributed by atoms with Crippen molar-refractivity contribution in [1.29, 1.82) is 0 Å². The van der Waals surface area contributed by atoms with Crippen LogP contribution in [0.5, 0.6) is 0 Å². The van der Waals surface area contributed by atoms with Crippen molar-refractivity contribution >= 4 is 5.91 Å². The van der Waals surface area contributed by atoms with Gasteiger partial charge in [-0.05, 0) is 18.3 Å². The van der Waals surface area contributed by atoms with Gasteiger partial charge in [0.15, 0.2) is 6.04 Å². The molecule has 0 aromatic rings. The maximum Gasteiger partial charge on any atom is 0.278 e. The molecule has 84 valence electrons. The molecule has 1 atom stereocenters. The van der Waals surface area contributed by atoms with Crippen LogP contribution < -0.4 is 11.1 Å². The summed E-state index contributed by atoms with van der Waals surface area (Å²) < 4.78 is 0. The van der Waals surface area contributed by atoms with Crippen molar-refractivity contribution in [3.8, 4) is 0 Å². The van der Waals surface area contributed by atoms with Crippen LogP contribution in [0.2, 0.25) is 0 Å². The molecule has 0 radical (unpaired) electrons. The topological polar surface area (TPSA) is 56.7 Å². The quantitative estimate of drug-likeness (QED) is 0.656. The van der Waals surface area contributed by atoms with Gasteiger partial charge in [0.25, 0.3) is 5.91 Å². The molecule has 0 saturated heterocycles. The molecule has 0 aliphatic carbocycles. The minimum absolute atomic E-state index is 0.0952. The lowest BCUT2D eigenvalue weighted by Crippen LogP contribution is -2.67. The first-order chi connectivity index (χ1) is 6.43. The van der Waals surface area contributed by atoms with Crippen LogP contribution in [0.3, 0.4) is 0 Å². The van der Waals surface area contributed by atoms with Gasteiger partial charge in [-0.1, -0.05) is 27.7 Å². The maximum absolute atomic E-state index is 11.5. The molecule has 0 bridgehead atoms. The van der Waals surface area contributed by atoms with Crippen molar-refractivity contribution in [2.45, 2.75) is 46.6 Å². The van der Waals surface area contributed by atoms with Crippen LogP contribution in [-0.2, 0) is 4.79 Å². The van der Waals surface area contributed by atoms with Gasteiger partial charge in [0.1, 0.15) is 0 Å². The Balaban J connectivity index is 3.62. The molecule has 1 amide bonds.